The molecule has 2 unspecified atom stereocenters. The van der Waals surface area contributed by atoms with Gasteiger partial charge in [0.05, 0.1) is 12.2 Å². The van der Waals surface area contributed by atoms with Crippen LogP contribution in [0, 0.1) is 27.7 Å². The molecule has 0 amide bonds. The molecule has 2 rings (SSSR count). The van der Waals surface area contributed by atoms with Gasteiger partial charge in [-0.15, -0.1) is 0 Å². The van der Waals surface area contributed by atoms with E-state index in [0.717, 1.165) is 38.5 Å². The van der Waals surface area contributed by atoms with Gasteiger partial charge in [0.2, 0.25) is 0 Å². The maximum atomic E-state index is 9.29. The molecule has 0 aromatic heterocycles. The Kier molecular flexibility index (Phi) is 13.5. The molecule has 0 fully saturated rings. The van der Waals surface area contributed by atoms with E-state index in [1.54, 1.807) is 0 Å². The highest BCUT2D eigenvalue weighted by atomic mass is 17.1. The van der Waals surface area contributed by atoms with E-state index in [1.165, 1.54) is 71.9 Å². The molecule has 4 nitrogen and oxygen atoms in total. The molecule has 2 aromatic rings. The summed E-state index contributed by atoms with van der Waals surface area (Å²) >= 11 is 0. The van der Waals surface area contributed by atoms with E-state index in [9.17, 15) is 10.5 Å². The normalized spacial score (nSPS) is 13.2. The van der Waals surface area contributed by atoms with Gasteiger partial charge >= 0.3 is 0 Å². The summed E-state index contributed by atoms with van der Waals surface area (Å²) in [4.78, 5) is 9.51. The Labute approximate surface area is 207 Å². The van der Waals surface area contributed by atoms with Crippen molar-refractivity contribution >= 4 is 0 Å². The van der Waals surface area contributed by atoms with Crippen LogP contribution in [0.3, 0.4) is 0 Å². The van der Waals surface area contributed by atoms with Gasteiger partial charge in [0, 0.05) is 12.8 Å². The fraction of sp³-hybridized carbons (Fsp3) is 0.600. The van der Waals surface area contributed by atoms with Crippen LogP contribution in [0.4, 0.5) is 0 Å². The van der Waals surface area contributed by atoms with Crippen LogP contribution >= 0.6 is 0 Å². The maximum absolute atomic E-state index is 9.29. The lowest BCUT2D eigenvalue weighted by Crippen LogP contribution is -2.14. The van der Waals surface area contributed by atoms with Crippen LogP contribution in [0.5, 0.6) is 0 Å². The average molecular weight is 471 g/mol. The van der Waals surface area contributed by atoms with Crippen molar-refractivity contribution in [3.63, 3.8) is 0 Å². The van der Waals surface area contributed by atoms with Crippen molar-refractivity contribution in [3.8, 4) is 0 Å². The fourth-order valence-electron chi connectivity index (χ4n) is 5.09. The molecule has 34 heavy (non-hydrogen) atoms. The van der Waals surface area contributed by atoms with E-state index in [2.05, 4.69) is 64.1 Å². The zero-order chi connectivity index (χ0) is 24.8. The zero-order valence-corrected chi connectivity index (χ0v) is 21.8. The number of benzene rings is 2. The number of hydrogen-bond acceptors (Lipinski definition) is 4. The average Bonchev–Trinajstić information content (AvgIpc) is 2.77. The Hall–Kier alpha value is -1.72. The highest BCUT2D eigenvalue weighted by Crippen LogP contribution is 2.18. The lowest BCUT2D eigenvalue weighted by Gasteiger charge is -2.15. The molecule has 0 heterocycles. The van der Waals surface area contributed by atoms with Gasteiger partial charge in [-0.05, 0) is 51.7 Å². The van der Waals surface area contributed by atoms with Crippen molar-refractivity contribution in [2.75, 3.05) is 0 Å². The van der Waals surface area contributed by atoms with Gasteiger partial charge in [0.15, 0.2) is 0 Å². The van der Waals surface area contributed by atoms with Gasteiger partial charge < -0.3 is 0 Å². The van der Waals surface area contributed by atoms with Crippen molar-refractivity contribution in [1.82, 2.24) is 0 Å². The van der Waals surface area contributed by atoms with Gasteiger partial charge in [0.25, 0.3) is 0 Å². The topological polar surface area (TPSA) is 58.9 Å². The van der Waals surface area contributed by atoms with Gasteiger partial charge in [-0.2, -0.15) is 0 Å². The number of rotatable bonds is 17. The minimum Gasteiger partial charge on any atom is -0.252 e. The van der Waals surface area contributed by atoms with Crippen LogP contribution in [0.2, 0.25) is 0 Å². The lowest BCUT2D eigenvalue weighted by molar-refractivity contribution is -0.279. The van der Waals surface area contributed by atoms with Crippen molar-refractivity contribution in [1.29, 1.82) is 0 Å². The van der Waals surface area contributed by atoms with Gasteiger partial charge in [-0.1, -0.05) is 110 Å². The lowest BCUT2D eigenvalue weighted by atomic mass is 9.98. The molecule has 0 aliphatic rings. The Morgan fingerprint density at radius 2 is 0.794 bits per heavy atom. The molecule has 4 heteroatoms. The van der Waals surface area contributed by atoms with Crippen molar-refractivity contribution in [2.24, 2.45) is 0 Å². The van der Waals surface area contributed by atoms with Gasteiger partial charge in [0.1, 0.15) is 0 Å². The third-order valence-electron chi connectivity index (χ3n) is 6.59. The second-order valence-electron chi connectivity index (χ2n) is 10.3. The summed E-state index contributed by atoms with van der Waals surface area (Å²) in [5, 5.41) is 18.6. The van der Waals surface area contributed by atoms with E-state index >= 15 is 0 Å². The smallest absolute Gasteiger partial charge is 0.0967 e. The molecular weight excluding hydrogens is 424 g/mol. The molecular formula is C30H46O4. The van der Waals surface area contributed by atoms with E-state index in [0.29, 0.717) is 0 Å². The van der Waals surface area contributed by atoms with Crippen molar-refractivity contribution in [2.45, 2.75) is 117 Å². The fourth-order valence-corrected chi connectivity index (χ4v) is 5.09. The summed E-state index contributed by atoms with van der Waals surface area (Å²) in [7, 11) is 0. The predicted octanol–water partition coefficient (Wildman–Crippen LogP) is 8.32. The van der Waals surface area contributed by atoms with Gasteiger partial charge in [-0.3, -0.25) is 10.5 Å². The van der Waals surface area contributed by atoms with Crippen LogP contribution in [0.15, 0.2) is 36.4 Å². The number of hydrogen-bond donors (Lipinski definition) is 2. The predicted molar refractivity (Wildman–Crippen MR) is 140 cm³/mol. The second-order valence-corrected chi connectivity index (χ2v) is 10.3. The first-order chi connectivity index (χ1) is 16.4. The van der Waals surface area contributed by atoms with E-state index < -0.39 is 0 Å². The standard InChI is InChI=1S/C30H46O4/c1-23-15-24(2)18-27(17-23)21-29(33-31)13-11-9-7-5-6-8-10-12-14-30(34-32)22-28-19-25(3)16-26(4)20-28/h15-20,29-32H,5-14,21-22H2,1-4H3. The summed E-state index contributed by atoms with van der Waals surface area (Å²) in [6, 6.07) is 13.1. The van der Waals surface area contributed by atoms with Crippen LogP contribution in [-0.2, 0) is 22.6 Å². The molecule has 0 aliphatic carbocycles. The van der Waals surface area contributed by atoms with Crippen LogP contribution in [-0.4, -0.2) is 22.7 Å². The molecule has 0 saturated heterocycles. The van der Waals surface area contributed by atoms with Crippen molar-refractivity contribution < 1.29 is 20.3 Å². The minimum atomic E-state index is -0.119. The Balaban J connectivity index is 1.50. The third kappa shape index (κ3) is 11.6. The SMILES string of the molecule is Cc1cc(C)cc(CC(CCCCCCCCCCC(Cc2cc(C)cc(C)c2)OO)OO)c1. The molecule has 0 spiro atoms. The maximum Gasteiger partial charge on any atom is 0.0967 e. The second kappa shape index (κ2) is 16.0. The Morgan fingerprint density at radius 3 is 1.09 bits per heavy atom. The molecule has 0 radical (unpaired) electrons. The van der Waals surface area contributed by atoms with E-state index in [1.807, 2.05) is 0 Å². The summed E-state index contributed by atoms with van der Waals surface area (Å²) < 4.78 is 0. The summed E-state index contributed by atoms with van der Waals surface area (Å²) in [6.45, 7) is 8.43. The monoisotopic (exact) mass is 470 g/mol. The minimum absolute atomic E-state index is 0.119. The quantitative estimate of drug-likeness (QED) is 0.139. The summed E-state index contributed by atoms with van der Waals surface area (Å²) in [5.41, 5.74) is 7.50. The molecule has 190 valence electrons. The van der Waals surface area contributed by atoms with Gasteiger partial charge in [-0.25, -0.2) is 9.78 Å². The molecule has 2 atom stereocenters. The highest BCUT2D eigenvalue weighted by Gasteiger charge is 2.12. The summed E-state index contributed by atoms with van der Waals surface area (Å²) in [5.74, 6) is 0. The number of aryl methyl sites for hydroxylation is 4. The molecule has 2 N–H and O–H groups in total. The first-order valence-corrected chi connectivity index (χ1v) is 13.1. The molecule has 0 aliphatic heterocycles. The molecule has 0 saturated carbocycles. The highest BCUT2D eigenvalue weighted by molar-refractivity contribution is 5.29. The summed E-state index contributed by atoms with van der Waals surface area (Å²) in [6.07, 6.45) is 12.6. The first-order valence-electron chi connectivity index (χ1n) is 13.1. The molecule has 2 aromatic carbocycles. The molecule has 0 bridgehead atoms. The van der Waals surface area contributed by atoms with Crippen LogP contribution in [0.1, 0.15) is 97.6 Å². The zero-order valence-electron chi connectivity index (χ0n) is 21.8. The Morgan fingerprint density at radius 1 is 0.500 bits per heavy atom. The van der Waals surface area contributed by atoms with Crippen LogP contribution in [0.25, 0.3) is 0 Å². The third-order valence-corrected chi connectivity index (χ3v) is 6.59. The number of unbranched alkanes of at least 4 members (excludes halogenated alkanes) is 7. The largest absolute Gasteiger partial charge is 0.252 e. The van der Waals surface area contributed by atoms with Crippen LogP contribution < -0.4 is 0 Å². The van der Waals surface area contributed by atoms with E-state index in [-0.39, 0.29) is 12.2 Å². The first kappa shape index (κ1) is 28.5. The Bertz CT molecular complexity index is 723. The van der Waals surface area contributed by atoms with E-state index in [4.69, 9.17) is 9.78 Å². The van der Waals surface area contributed by atoms with Crippen molar-refractivity contribution in [3.05, 3.63) is 69.8 Å².